The van der Waals surface area contributed by atoms with Crippen molar-refractivity contribution in [3.63, 3.8) is 0 Å². The number of β-amino-alcohol motifs (C(OH)–C–C–N with tert-alkyl or cyclic N) is 1. The predicted molar refractivity (Wildman–Crippen MR) is 133 cm³/mol. The fourth-order valence-electron chi connectivity index (χ4n) is 6.31. The van der Waals surface area contributed by atoms with Gasteiger partial charge in [-0.05, 0) is 37.0 Å². The maximum atomic E-state index is 13.7. The average Bonchev–Trinajstić information content (AvgIpc) is 3.23. The van der Waals surface area contributed by atoms with Crippen LogP contribution < -0.4 is 5.32 Å². The van der Waals surface area contributed by atoms with E-state index in [1.54, 1.807) is 24.3 Å². The summed E-state index contributed by atoms with van der Waals surface area (Å²) < 4.78 is 0. The van der Waals surface area contributed by atoms with E-state index in [0.29, 0.717) is 37.9 Å². The van der Waals surface area contributed by atoms with Gasteiger partial charge >= 0.3 is 0 Å². The van der Waals surface area contributed by atoms with E-state index in [-0.39, 0.29) is 48.4 Å². The molecule has 1 aromatic rings. The SMILES string of the molecule is CC(=O)N1C[C@H](O)C[C@H]1C(=O)N[C@@H]1CCCC[C@@H]1C(=O)N1CC[C@](O)(c2ccc(O)cc2)C(C)(C)C1. The van der Waals surface area contributed by atoms with Crippen LogP contribution in [-0.4, -0.2) is 80.7 Å². The van der Waals surface area contributed by atoms with E-state index in [2.05, 4.69) is 5.32 Å². The van der Waals surface area contributed by atoms with E-state index >= 15 is 0 Å². The van der Waals surface area contributed by atoms with Gasteiger partial charge in [-0.25, -0.2) is 0 Å². The summed E-state index contributed by atoms with van der Waals surface area (Å²) in [5.74, 6) is -0.811. The molecule has 3 amide bonds. The molecule has 198 valence electrons. The van der Waals surface area contributed by atoms with Crippen molar-refractivity contribution < 1.29 is 29.7 Å². The van der Waals surface area contributed by atoms with Gasteiger partial charge in [0.15, 0.2) is 0 Å². The number of benzene rings is 1. The van der Waals surface area contributed by atoms with Gasteiger partial charge in [0.1, 0.15) is 11.8 Å². The van der Waals surface area contributed by atoms with Gasteiger partial charge < -0.3 is 30.4 Å². The Hall–Kier alpha value is -2.65. The molecule has 1 aliphatic carbocycles. The molecular weight excluding hydrogens is 462 g/mol. The Morgan fingerprint density at radius 2 is 1.75 bits per heavy atom. The van der Waals surface area contributed by atoms with Crippen molar-refractivity contribution in [1.29, 1.82) is 0 Å². The van der Waals surface area contributed by atoms with Crippen molar-refractivity contribution >= 4 is 17.7 Å². The molecule has 2 heterocycles. The number of likely N-dealkylation sites (tertiary alicyclic amines) is 2. The summed E-state index contributed by atoms with van der Waals surface area (Å²) in [6.45, 7) is 6.19. The number of phenols is 1. The van der Waals surface area contributed by atoms with Crippen LogP contribution in [0.25, 0.3) is 0 Å². The number of nitrogens with one attached hydrogen (secondary N) is 1. The highest BCUT2D eigenvalue weighted by molar-refractivity contribution is 5.88. The number of hydrogen-bond acceptors (Lipinski definition) is 6. The molecule has 0 radical (unpaired) electrons. The monoisotopic (exact) mass is 501 g/mol. The highest BCUT2D eigenvalue weighted by atomic mass is 16.3. The number of carbonyl (C=O) groups is 3. The lowest BCUT2D eigenvalue weighted by Gasteiger charge is -2.51. The largest absolute Gasteiger partial charge is 0.508 e. The number of carbonyl (C=O) groups excluding carboxylic acids is 3. The van der Waals surface area contributed by atoms with Crippen molar-refractivity contribution in [3.05, 3.63) is 29.8 Å². The quantitative estimate of drug-likeness (QED) is 0.495. The molecule has 0 bridgehead atoms. The van der Waals surface area contributed by atoms with Crippen LogP contribution in [0.15, 0.2) is 24.3 Å². The first kappa shape index (κ1) is 26.4. The average molecular weight is 502 g/mol. The normalized spacial score (nSPS) is 32.2. The van der Waals surface area contributed by atoms with Gasteiger partial charge in [-0.3, -0.25) is 14.4 Å². The standard InChI is InChI=1S/C27H39N3O6/c1-17(31)30-15-20(33)14-23(30)24(34)28-22-7-5-4-6-21(22)25(35)29-13-12-27(36,26(2,3)16-29)18-8-10-19(32)11-9-18/h8-11,20-23,32-33,36H,4-7,12-16H2,1-3H3,(H,28,34)/t20-,21+,22-,23+,27+/m1/s1. The Bertz CT molecular complexity index is 996. The maximum absolute atomic E-state index is 13.7. The Balaban J connectivity index is 1.46. The molecule has 0 spiro atoms. The van der Waals surface area contributed by atoms with Gasteiger partial charge in [-0.1, -0.05) is 38.8 Å². The van der Waals surface area contributed by atoms with Crippen LogP contribution in [0.1, 0.15) is 64.9 Å². The topological polar surface area (TPSA) is 130 Å². The number of piperidine rings is 1. The van der Waals surface area contributed by atoms with Crippen LogP contribution >= 0.6 is 0 Å². The van der Waals surface area contributed by atoms with E-state index < -0.39 is 23.2 Å². The zero-order valence-electron chi connectivity index (χ0n) is 21.4. The number of aliphatic hydroxyl groups excluding tert-OH is 1. The molecule has 2 saturated heterocycles. The highest BCUT2D eigenvalue weighted by Gasteiger charge is 2.51. The molecule has 0 unspecified atom stereocenters. The fraction of sp³-hybridized carbons (Fsp3) is 0.667. The summed E-state index contributed by atoms with van der Waals surface area (Å²) in [7, 11) is 0. The summed E-state index contributed by atoms with van der Waals surface area (Å²) >= 11 is 0. The molecular formula is C27H39N3O6. The third-order valence-electron chi connectivity index (χ3n) is 8.50. The van der Waals surface area contributed by atoms with Gasteiger partial charge in [-0.15, -0.1) is 0 Å². The van der Waals surface area contributed by atoms with Crippen LogP contribution in [0, 0.1) is 11.3 Å². The maximum Gasteiger partial charge on any atom is 0.243 e. The molecule has 1 saturated carbocycles. The van der Waals surface area contributed by atoms with Gasteiger partial charge in [-0.2, -0.15) is 0 Å². The van der Waals surface area contributed by atoms with Crippen molar-refractivity contribution in [2.45, 2.75) is 83.1 Å². The molecule has 0 aromatic heterocycles. The number of phenolic OH excluding ortho intramolecular Hbond substituents is 1. The number of nitrogens with zero attached hydrogens (tertiary/aromatic N) is 2. The third kappa shape index (κ3) is 4.95. The first-order chi connectivity index (χ1) is 16.9. The second kappa shape index (κ2) is 10.0. The van der Waals surface area contributed by atoms with Gasteiger partial charge in [0.25, 0.3) is 0 Å². The molecule has 4 rings (SSSR count). The molecule has 4 N–H and O–H groups in total. The number of aromatic hydroxyl groups is 1. The second-order valence-corrected chi connectivity index (χ2v) is 11.4. The molecule has 3 fully saturated rings. The van der Waals surface area contributed by atoms with Crippen LogP contribution in [0.4, 0.5) is 0 Å². The van der Waals surface area contributed by atoms with Crippen LogP contribution in [-0.2, 0) is 20.0 Å². The predicted octanol–water partition coefficient (Wildman–Crippen LogP) is 1.50. The fourth-order valence-corrected chi connectivity index (χ4v) is 6.31. The summed E-state index contributed by atoms with van der Waals surface area (Å²) in [5.41, 5.74) is -1.06. The van der Waals surface area contributed by atoms with E-state index in [9.17, 15) is 29.7 Å². The van der Waals surface area contributed by atoms with Crippen LogP contribution in [0.2, 0.25) is 0 Å². The van der Waals surface area contributed by atoms with Crippen molar-refractivity contribution in [2.24, 2.45) is 11.3 Å². The number of hydrogen-bond donors (Lipinski definition) is 4. The Labute approximate surface area is 212 Å². The van der Waals surface area contributed by atoms with Crippen LogP contribution in [0.3, 0.4) is 0 Å². The molecule has 1 aromatic carbocycles. The smallest absolute Gasteiger partial charge is 0.243 e. The molecule has 2 aliphatic heterocycles. The van der Waals surface area contributed by atoms with Gasteiger partial charge in [0.05, 0.1) is 17.6 Å². The first-order valence-corrected chi connectivity index (χ1v) is 13.0. The van der Waals surface area contributed by atoms with E-state index in [1.165, 1.54) is 11.8 Å². The summed E-state index contributed by atoms with van der Waals surface area (Å²) in [5, 5.41) is 34.3. The third-order valence-corrected chi connectivity index (χ3v) is 8.50. The molecule has 9 heteroatoms. The molecule has 9 nitrogen and oxygen atoms in total. The Kier molecular flexibility index (Phi) is 7.35. The van der Waals surface area contributed by atoms with Crippen LogP contribution in [0.5, 0.6) is 5.75 Å². The summed E-state index contributed by atoms with van der Waals surface area (Å²) in [6.07, 6.45) is 3.01. The Morgan fingerprint density at radius 3 is 2.39 bits per heavy atom. The lowest BCUT2D eigenvalue weighted by atomic mass is 9.66. The van der Waals surface area contributed by atoms with E-state index in [4.69, 9.17) is 0 Å². The van der Waals surface area contributed by atoms with E-state index in [0.717, 1.165) is 12.8 Å². The summed E-state index contributed by atoms with van der Waals surface area (Å²) in [4.78, 5) is 42.0. The second-order valence-electron chi connectivity index (χ2n) is 11.4. The zero-order valence-corrected chi connectivity index (χ0v) is 21.4. The van der Waals surface area contributed by atoms with E-state index in [1.807, 2.05) is 18.7 Å². The highest BCUT2D eigenvalue weighted by Crippen LogP contribution is 2.46. The molecule has 5 atom stereocenters. The molecule has 3 aliphatic rings. The summed E-state index contributed by atoms with van der Waals surface area (Å²) in [6, 6.07) is 5.53. The van der Waals surface area contributed by atoms with Crippen molar-refractivity contribution in [1.82, 2.24) is 15.1 Å². The minimum absolute atomic E-state index is 0.0179. The first-order valence-electron chi connectivity index (χ1n) is 13.0. The number of rotatable bonds is 4. The molecule has 36 heavy (non-hydrogen) atoms. The minimum atomic E-state index is -1.14. The number of amides is 3. The minimum Gasteiger partial charge on any atom is -0.508 e. The van der Waals surface area contributed by atoms with Gasteiger partial charge in [0.2, 0.25) is 17.7 Å². The van der Waals surface area contributed by atoms with Gasteiger partial charge in [0, 0.05) is 44.4 Å². The lowest BCUT2D eigenvalue weighted by molar-refractivity contribution is -0.158. The lowest BCUT2D eigenvalue weighted by Crippen LogP contribution is -2.59. The van der Waals surface area contributed by atoms with Crippen molar-refractivity contribution in [3.8, 4) is 5.75 Å². The zero-order chi connectivity index (χ0) is 26.3. The van der Waals surface area contributed by atoms with Crippen molar-refractivity contribution in [2.75, 3.05) is 19.6 Å². The Morgan fingerprint density at radius 1 is 1.08 bits per heavy atom. The number of aliphatic hydroxyl groups is 2.